The summed E-state index contributed by atoms with van der Waals surface area (Å²) in [6.07, 6.45) is 68.3. The first kappa shape index (κ1) is 88.3. The number of carbonyl (C=O) groups excluding carboxylic acids is 1. The van der Waals surface area contributed by atoms with Crippen LogP contribution in [0.4, 0.5) is 0 Å². The lowest BCUT2D eigenvalue weighted by molar-refractivity contribution is -0.359. The molecule has 1 amide bonds. The van der Waals surface area contributed by atoms with Gasteiger partial charge in [-0.3, -0.25) is 4.79 Å². The Balaban J connectivity index is 1.55. The minimum absolute atomic E-state index is 0.241. The van der Waals surface area contributed by atoms with Gasteiger partial charge in [-0.2, -0.15) is 0 Å². The van der Waals surface area contributed by atoms with E-state index in [0.29, 0.717) is 12.8 Å². The van der Waals surface area contributed by atoms with E-state index in [2.05, 4.69) is 43.5 Å². The molecule has 94 heavy (non-hydrogen) atoms. The summed E-state index contributed by atoms with van der Waals surface area (Å²) in [4.78, 5) is 13.4. The van der Waals surface area contributed by atoms with Gasteiger partial charge in [0.1, 0.15) is 48.8 Å². The molecule has 12 atom stereocenters. The normalized spacial score (nSPS) is 22.6. The molecule has 2 aliphatic heterocycles. The van der Waals surface area contributed by atoms with Crippen LogP contribution < -0.4 is 5.32 Å². The molecule has 0 aromatic carbocycles. The zero-order valence-corrected chi connectivity index (χ0v) is 60.7. The molecule has 0 aliphatic carbocycles. The van der Waals surface area contributed by atoms with Crippen LogP contribution in [0.5, 0.6) is 0 Å². The molecule has 0 saturated carbocycles. The Morgan fingerprint density at radius 3 is 1.04 bits per heavy atom. The quantitative estimate of drug-likeness (QED) is 0.0204. The highest BCUT2D eigenvalue weighted by molar-refractivity contribution is 5.76. The van der Waals surface area contributed by atoms with Gasteiger partial charge in [0.15, 0.2) is 12.6 Å². The highest BCUT2D eigenvalue weighted by atomic mass is 16.7. The number of nitrogens with one attached hydrogen (secondary N) is 1. The third kappa shape index (κ3) is 47.3. The number of carbonyl (C=O) groups is 1. The summed E-state index contributed by atoms with van der Waals surface area (Å²) < 4.78 is 22.9. The van der Waals surface area contributed by atoms with Crippen LogP contribution in [0.25, 0.3) is 0 Å². The molecule has 0 aromatic rings. The molecular weight excluding hydrogens is 1180 g/mol. The van der Waals surface area contributed by atoms with Gasteiger partial charge in [-0.05, 0) is 57.8 Å². The molecule has 554 valence electrons. The van der Waals surface area contributed by atoms with E-state index in [1.165, 1.54) is 308 Å². The summed E-state index contributed by atoms with van der Waals surface area (Å²) in [6, 6.07) is -0.930. The van der Waals surface area contributed by atoms with Crippen molar-refractivity contribution in [2.24, 2.45) is 0 Å². The van der Waals surface area contributed by atoms with Crippen molar-refractivity contribution in [3.05, 3.63) is 36.5 Å². The average Bonchev–Trinajstić information content (AvgIpc) is 0.794. The lowest BCUT2D eigenvalue weighted by atomic mass is 9.97. The van der Waals surface area contributed by atoms with E-state index in [0.717, 1.165) is 32.1 Å². The van der Waals surface area contributed by atoms with Gasteiger partial charge >= 0.3 is 0 Å². The Hall–Kier alpha value is -1.79. The van der Waals surface area contributed by atoms with Crippen molar-refractivity contribution >= 4 is 5.91 Å². The van der Waals surface area contributed by atoms with E-state index in [9.17, 15) is 45.6 Å². The topological polar surface area (TPSA) is 228 Å². The number of hydrogen-bond donors (Lipinski definition) is 9. The van der Waals surface area contributed by atoms with E-state index in [1.807, 2.05) is 6.08 Å². The number of aliphatic hydroxyl groups excluding tert-OH is 8. The summed E-state index contributed by atoms with van der Waals surface area (Å²) in [5.41, 5.74) is 0. The van der Waals surface area contributed by atoms with Gasteiger partial charge in [-0.25, -0.2) is 0 Å². The van der Waals surface area contributed by atoms with Gasteiger partial charge in [0.05, 0.1) is 32.0 Å². The first-order chi connectivity index (χ1) is 46.1. The van der Waals surface area contributed by atoms with Crippen LogP contribution in [0.15, 0.2) is 36.5 Å². The van der Waals surface area contributed by atoms with Crippen molar-refractivity contribution in [1.29, 1.82) is 0 Å². The smallest absolute Gasteiger partial charge is 0.220 e. The number of amides is 1. The number of rotatable bonds is 68. The number of unbranched alkanes of at least 4 members (excludes halogenated alkanes) is 51. The third-order valence-electron chi connectivity index (χ3n) is 19.8. The molecule has 2 heterocycles. The molecule has 0 spiro atoms. The predicted octanol–water partition coefficient (Wildman–Crippen LogP) is 18.0. The Morgan fingerprint density at radius 1 is 0.372 bits per heavy atom. The highest BCUT2D eigenvalue weighted by Gasteiger charge is 2.51. The second-order valence-corrected chi connectivity index (χ2v) is 28.5. The van der Waals surface area contributed by atoms with Crippen LogP contribution in [0.2, 0.25) is 0 Å². The molecule has 0 bridgehead atoms. The minimum atomic E-state index is -1.79. The van der Waals surface area contributed by atoms with Gasteiger partial charge in [0, 0.05) is 6.42 Å². The molecule has 14 heteroatoms. The van der Waals surface area contributed by atoms with E-state index < -0.39 is 86.8 Å². The first-order valence-electron chi connectivity index (χ1n) is 40.2. The van der Waals surface area contributed by atoms with Crippen LogP contribution >= 0.6 is 0 Å². The van der Waals surface area contributed by atoms with Gasteiger partial charge < -0.3 is 65.1 Å². The maximum Gasteiger partial charge on any atom is 0.220 e. The molecule has 2 saturated heterocycles. The monoisotopic (exact) mass is 1330 g/mol. The number of allylic oxidation sites excluding steroid dienone is 5. The maximum absolute atomic E-state index is 13.4. The molecule has 0 radical (unpaired) electrons. The standard InChI is InChI=1S/C80H151NO13/c1-3-5-7-9-11-13-15-17-19-21-23-24-25-26-27-28-29-30-31-32-33-34-35-36-37-38-39-40-41-42-43-44-46-48-50-52-54-56-58-60-62-64-72(85)81-68(69(84)63-61-59-57-55-53-51-49-47-45-22-20-18-16-14-12-10-8-6-4-2)67-91-79-77(90)75(88)78(71(66-83)93-79)94-80-76(89)74(87)73(86)70(65-82)92-80/h21,23,53,55,61,63,68-71,73-80,82-84,86-90H,3-20,22,24-52,54,56-60,62,64-67H2,1-2H3,(H,81,85)/b23-21-,55-53+,63-61+. The number of hydrogen-bond acceptors (Lipinski definition) is 13. The molecule has 14 nitrogen and oxygen atoms in total. The van der Waals surface area contributed by atoms with Crippen molar-refractivity contribution in [2.45, 2.75) is 447 Å². The van der Waals surface area contributed by atoms with Crippen molar-refractivity contribution in [1.82, 2.24) is 5.32 Å². The molecule has 9 N–H and O–H groups in total. The molecule has 2 fully saturated rings. The molecule has 2 rings (SSSR count). The van der Waals surface area contributed by atoms with E-state index in [-0.39, 0.29) is 18.9 Å². The Labute approximate surface area is 576 Å². The fourth-order valence-corrected chi connectivity index (χ4v) is 13.4. The fourth-order valence-electron chi connectivity index (χ4n) is 13.4. The lowest BCUT2D eigenvalue weighted by Crippen LogP contribution is -2.65. The summed E-state index contributed by atoms with van der Waals surface area (Å²) in [5, 5.41) is 87.5. The largest absolute Gasteiger partial charge is 0.394 e. The predicted molar refractivity (Wildman–Crippen MR) is 388 cm³/mol. The van der Waals surface area contributed by atoms with Gasteiger partial charge in [0.2, 0.25) is 5.91 Å². The summed E-state index contributed by atoms with van der Waals surface area (Å²) in [7, 11) is 0. The van der Waals surface area contributed by atoms with Crippen molar-refractivity contribution < 1.29 is 64.6 Å². The molecule has 0 aromatic heterocycles. The second kappa shape index (κ2) is 64.6. The Kier molecular flexibility index (Phi) is 60.7. The Bertz CT molecular complexity index is 1720. The molecule has 12 unspecified atom stereocenters. The average molecular weight is 1340 g/mol. The van der Waals surface area contributed by atoms with E-state index in [1.54, 1.807) is 6.08 Å². The summed E-state index contributed by atoms with van der Waals surface area (Å²) in [5.74, 6) is -0.241. The number of aliphatic hydroxyl groups is 8. The molecule has 2 aliphatic rings. The fraction of sp³-hybridized carbons (Fsp3) is 0.912. The van der Waals surface area contributed by atoms with Crippen molar-refractivity contribution in [2.75, 3.05) is 19.8 Å². The third-order valence-corrected chi connectivity index (χ3v) is 19.8. The van der Waals surface area contributed by atoms with Crippen molar-refractivity contribution in [3.8, 4) is 0 Å². The van der Waals surface area contributed by atoms with Crippen LogP contribution in [0.3, 0.4) is 0 Å². The number of ether oxygens (including phenoxy) is 4. The van der Waals surface area contributed by atoms with Crippen LogP contribution in [-0.2, 0) is 23.7 Å². The Morgan fingerprint density at radius 2 is 0.681 bits per heavy atom. The zero-order valence-electron chi connectivity index (χ0n) is 60.7. The van der Waals surface area contributed by atoms with E-state index >= 15 is 0 Å². The lowest BCUT2D eigenvalue weighted by Gasteiger charge is -2.46. The van der Waals surface area contributed by atoms with Crippen molar-refractivity contribution in [3.63, 3.8) is 0 Å². The zero-order chi connectivity index (χ0) is 68.0. The summed E-state index contributed by atoms with van der Waals surface area (Å²) >= 11 is 0. The van der Waals surface area contributed by atoms with Crippen LogP contribution in [0.1, 0.15) is 373 Å². The second-order valence-electron chi connectivity index (χ2n) is 28.5. The summed E-state index contributed by atoms with van der Waals surface area (Å²) in [6.45, 7) is 2.83. The molecular formula is C80H151NO13. The van der Waals surface area contributed by atoms with Crippen LogP contribution in [0, 0.1) is 0 Å². The van der Waals surface area contributed by atoms with Gasteiger partial charge in [-0.1, -0.05) is 346 Å². The van der Waals surface area contributed by atoms with Gasteiger partial charge in [0.25, 0.3) is 0 Å². The van der Waals surface area contributed by atoms with E-state index in [4.69, 9.17) is 18.9 Å². The minimum Gasteiger partial charge on any atom is -0.394 e. The van der Waals surface area contributed by atoms with Gasteiger partial charge in [-0.15, -0.1) is 0 Å². The maximum atomic E-state index is 13.4. The first-order valence-corrected chi connectivity index (χ1v) is 40.2. The highest BCUT2D eigenvalue weighted by Crippen LogP contribution is 2.30. The SMILES string of the molecule is CCCCCCCCCC/C=C\CCCCCCCCCCCCCCCCCCCCCCCCCCCCCCCC(=O)NC(COC1OC(CO)C(OC2OC(CO)C(O)C(O)C2O)C(O)C1O)C(O)/C=C/CC/C=C/CCCCCCCCCCCCCCC. The van der Waals surface area contributed by atoms with Crippen LogP contribution in [-0.4, -0.2) is 140 Å².